The number of sulfonamides is 1. The van der Waals surface area contributed by atoms with Gasteiger partial charge in [0.25, 0.3) is 5.91 Å². The minimum Gasteiger partial charge on any atom is -0.495 e. The van der Waals surface area contributed by atoms with Crippen LogP contribution in [0.3, 0.4) is 0 Å². The fourth-order valence-corrected chi connectivity index (χ4v) is 4.12. The fraction of sp³-hybridized carbons (Fsp3) is 0.316. The molecule has 0 saturated carbocycles. The summed E-state index contributed by atoms with van der Waals surface area (Å²) in [5, 5.41) is 3.19. The van der Waals surface area contributed by atoms with Crippen molar-refractivity contribution in [3.63, 3.8) is 0 Å². The van der Waals surface area contributed by atoms with Crippen LogP contribution in [0.4, 0.5) is 11.4 Å². The monoisotopic (exact) mass is 424 g/mol. The summed E-state index contributed by atoms with van der Waals surface area (Å²) < 4.78 is 36.8. The predicted octanol–water partition coefficient (Wildman–Crippen LogP) is 3.21. The van der Waals surface area contributed by atoms with Crippen LogP contribution < -0.4 is 19.1 Å². The molecule has 0 spiro atoms. The van der Waals surface area contributed by atoms with Gasteiger partial charge in [0.2, 0.25) is 10.0 Å². The van der Waals surface area contributed by atoms with Crippen LogP contribution in [0, 0.1) is 6.92 Å². The Morgan fingerprint density at radius 1 is 1.29 bits per heavy atom. The van der Waals surface area contributed by atoms with Crippen LogP contribution in [0.5, 0.6) is 11.5 Å². The zero-order valence-corrected chi connectivity index (χ0v) is 17.3. The lowest BCUT2D eigenvalue weighted by molar-refractivity contribution is -0.122. The molecule has 1 N–H and O–H groups in total. The third-order valence-corrected chi connectivity index (χ3v) is 5.77. The van der Waals surface area contributed by atoms with E-state index in [1.165, 1.54) is 17.5 Å². The molecule has 28 heavy (non-hydrogen) atoms. The summed E-state index contributed by atoms with van der Waals surface area (Å²) in [4.78, 5) is 12.8. The second-order valence-corrected chi connectivity index (χ2v) is 8.88. The summed E-state index contributed by atoms with van der Waals surface area (Å²) in [5.74, 6) is 0.418. The van der Waals surface area contributed by atoms with Gasteiger partial charge in [0, 0.05) is 18.0 Å². The van der Waals surface area contributed by atoms with Crippen molar-refractivity contribution in [3.05, 3.63) is 47.0 Å². The number of benzene rings is 2. The number of amides is 1. The Bertz CT molecular complexity index is 1010. The van der Waals surface area contributed by atoms with Crippen LogP contribution in [0.1, 0.15) is 12.0 Å². The normalized spacial score (nSPS) is 16.6. The van der Waals surface area contributed by atoms with Gasteiger partial charge in [-0.05, 0) is 42.8 Å². The lowest BCUT2D eigenvalue weighted by Gasteiger charge is -2.21. The summed E-state index contributed by atoms with van der Waals surface area (Å²) in [6, 6.07) is 10.1. The lowest BCUT2D eigenvalue weighted by Crippen LogP contribution is -2.36. The zero-order chi connectivity index (χ0) is 20.5. The second-order valence-electron chi connectivity index (χ2n) is 6.54. The third-order valence-electron chi connectivity index (χ3n) is 4.36. The van der Waals surface area contributed by atoms with Crippen LogP contribution >= 0.6 is 11.6 Å². The molecule has 0 saturated heterocycles. The predicted molar refractivity (Wildman–Crippen MR) is 109 cm³/mol. The molecule has 0 radical (unpaired) electrons. The van der Waals surface area contributed by atoms with E-state index in [-0.39, 0.29) is 24.6 Å². The van der Waals surface area contributed by atoms with E-state index in [2.05, 4.69) is 5.32 Å². The largest absolute Gasteiger partial charge is 0.495 e. The van der Waals surface area contributed by atoms with Gasteiger partial charge in [-0.2, -0.15) is 0 Å². The summed E-state index contributed by atoms with van der Waals surface area (Å²) in [7, 11) is -2.04. The summed E-state index contributed by atoms with van der Waals surface area (Å²) in [6.07, 6.45) is 0.409. The van der Waals surface area contributed by atoms with Crippen molar-refractivity contribution in [2.45, 2.75) is 19.4 Å². The van der Waals surface area contributed by atoms with Crippen LogP contribution in [0.25, 0.3) is 0 Å². The number of nitrogens with zero attached hydrogens (tertiary/aromatic N) is 1. The van der Waals surface area contributed by atoms with Crippen LogP contribution in [0.2, 0.25) is 5.02 Å². The number of carbonyl (C=O) groups excluding carboxylic acids is 1. The molecule has 1 atom stereocenters. The molecule has 0 unspecified atom stereocenters. The topological polar surface area (TPSA) is 84.9 Å². The van der Waals surface area contributed by atoms with Crippen LogP contribution in [-0.4, -0.2) is 40.3 Å². The molecule has 7 nitrogen and oxygen atoms in total. The van der Waals surface area contributed by atoms with Gasteiger partial charge in [0.05, 0.1) is 24.7 Å². The summed E-state index contributed by atoms with van der Waals surface area (Å²) in [5.41, 5.74) is 1.80. The number of nitrogens with one attached hydrogen (secondary N) is 1. The van der Waals surface area contributed by atoms with Gasteiger partial charge in [-0.15, -0.1) is 0 Å². The van der Waals surface area contributed by atoms with E-state index in [0.29, 0.717) is 22.1 Å². The standard InChI is InChI=1S/C19H21ClN2O5S/c1-12-4-6-16(26-2)14(10-12)21-19(23)18-8-9-22(28(3,24)25)15-11-13(20)5-7-17(15)27-18/h4-7,10-11,18H,8-9H2,1-3H3,(H,21,23)/t18-/m0/s1. The van der Waals surface area contributed by atoms with E-state index >= 15 is 0 Å². The number of ether oxygens (including phenoxy) is 2. The van der Waals surface area contributed by atoms with Gasteiger partial charge in [0.15, 0.2) is 6.10 Å². The molecule has 2 aromatic carbocycles. The number of halogens is 1. The van der Waals surface area contributed by atoms with Crippen LogP contribution in [0.15, 0.2) is 36.4 Å². The quantitative estimate of drug-likeness (QED) is 0.814. The Morgan fingerprint density at radius 3 is 2.71 bits per heavy atom. The van der Waals surface area contributed by atoms with E-state index in [4.69, 9.17) is 21.1 Å². The molecule has 1 heterocycles. The van der Waals surface area contributed by atoms with E-state index < -0.39 is 16.1 Å². The van der Waals surface area contributed by atoms with Gasteiger partial charge >= 0.3 is 0 Å². The maximum atomic E-state index is 12.8. The minimum atomic E-state index is -3.56. The first-order valence-electron chi connectivity index (χ1n) is 8.58. The second kappa shape index (κ2) is 7.89. The first-order chi connectivity index (χ1) is 13.2. The van der Waals surface area contributed by atoms with Gasteiger partial charge in [-0.3, -0.25) is 9.10 Å². The van der Waals surface area contributed by atoms with Crippen molar-refractivity contribution in [1.82, 2.24) is 0 Å². The summed E-state index contributed by atoms with van der Waals surface area (Å²) in [6.45, 7) is 2.00. The van der Waals surface area contributed by atoms with Crippen molar-refractivity contribution >= 4 is 38.9 Å². The Morgan fingerprint density at radius 2 is 2.04 bits per heavy atom. The van der Waals surface area contributed by atoms with Crippen molar-refractivity contribution in [1.29, 1.82) is 0 Å². The Labute approximate surface area is 169 Å². The number of rotatable bonds is 4. The molecule has 0 aliphatic carbocycles. The molecule has 0 bridgehead atoms. The highest BCUT2D eigenvalue weighted by atomic mass is 35.5. The van der Waals surface area contributed by atoms with Crippen molar-refractivity contribution < 1.29 is 22.7 Å². The first-order valence-corrected chi connectivity index (χ1v) is 10.8. The highest BCUT2D eigenvalue weighted by Gasteiger charge is 2.31. The van der Waals surface area contributed by atoms with Crippen molar-refractivity contribution in [3.8, 4) is 11.5 Å². The molecule has 3 rings (SSSR count). The maximum absolute atomic E-state index is 12.8. The molecule has 9 heteroatoms. The SMILES string of the molecule is COc1ccc(C)cc1NC(=O)[C@@H]1CCN(S(C)(=O)=O)c2cc(Cl)ccc2O1. The van der Waals surface area contributed by atoms with Crippen LogP contribution in [-0.2, 0) is 14.8 Å². The maximum Gasteiger partial charge on any atom is 0.265 e. The fourth-order valence-electron chi connectivity index (χ4n) is 3.01. The number of methoxy groups -OCH3 is 1. The number of hydrogen-bond donors (Lipinski definition) is 1. The molecule has 2 aromatic rings. The number of aryl methyl sites for hydroxylation is 1. The molecule has 1 amide bonds. The van der Waals surface area contributed by atoms with Crippen molar-refractivity contribution in [2.75, 3.05) is 29.5 Å². The highest BCUT2D eigenvalue weighted by molar-refractivity contribution is 7.92. The smallest absolute Gasteiger partial charge is 0.265 e. The summed E-state index contributed by atoms with van der Waals surface area (Å²) >= 11 is 6.03. The van der Waals surface area contributed by atoms with Crippen molar-refractivity contribution in [2.24, 2.45) is 0 Å². The number of carbonyl (C=O) groups is 1. The molecular formula is C19H21ClN2O5S. The third kappa shape index (κ3) is 4.34. The average molecular weight is 425 g/mol. The number of fused-ring (bicyclic) bond motifs is 1. The van der Waals surface area contributed by atoms with Gasteiger partial charge < -0.3 is 14.8 Å². The van der Waals surface area contributed by atoms with Gasteiger partial charge in [-0.25, -0.2) is 8.42 Å². The van der Waals surface area contributed by atoms with E-state index in [9.17, 15) is 13.2 Å². The van der Waals surface area contributed by atoms with Gasteiger partial charge in [0.1, 0.15) is 11.5 Å². The molecular weight excluding hydrogens is 404 g/mol. The first kappa shape index (κ1) is 20.3. The molecule has 1 aliphatic rings. The number of anilines is 2. The molecule has 0 fully saturated rings. The minimum absolute atomic E-state index is 0.0925. The molecule has 1 aliphatic heterocycles. The Hall–Kier alpha value is -2.45. The van der Waals surface area contributed by atoms with E-state index in [1.807, 2.05) is 13.0 Å². The zero-order valence-electron chi connectivity index (χ0n) is 15.7. The Kier molecular flexibility index (Phi) is 5.71. The molecule has 150 valence electrons. The molecule has 0 aromatic heterocycles. The number of hydrogen-bond acceptors (Lipinski definition) is 5. The van der Waals surface area contributed by atoms with Gasteiger partial charge in [-0.1, -0.05) is 17.7 Å². The lowest BCUT2D eigenvalue weighted by atomic mass is 10.2. The van der Waals surface area contributed by atoms with E-state index in [0.717, 1.165) is 11.8 Å². The highest BCUT2D eigenvalue weighted by Crippen LogP contribution is 2.36. The Balaban J connectivity index is 1.90. The average Bonchev–Trinajstić information content (AvgIpc) is 2.81. The van der Waals surface area contributed by atoms with E-state index in [1.54, 1.807) is 24.3 Å².